The molecule has 0 aliphatic heterocycles. The van der Waals surface area contributed by atoms with Gasteiger partial charge >= 0.3 is 6.18 Å². The van der Waals surface area contributed by atoms with Gasteiger partial charge in [0.2, 0.25) is 0 Å². The highest BCUT2D eigenvalue weighted by molar-refractivity contribution is 7.14. The molecule has 5 nitrogen and oxygen atoms in total. The van der Waals surface area contributed by atoms with Crippen molar-refractivity contribution >= 4 is 22.2 Å². The third-order valence-corrected chi connectivity index (χ3v) is 4.00. The molecule has 2 aromatic rings. The number of nitrogens with zero attached hydrogens (tertiary/aromatic N) is 1. The molecule has 0 radical (unpaired) electrons. The number of carbonyl (C=O) groups excluding carboxylic acids is 1. The van der Waals surface area contributed by atoms with E-state index in [1.165, 1.54) is 11.3 Å². The van der Waals surface area contributed by atoms with Gasteiger partial charge in [0.1, 0.15) is 16.3 Å². The van der Waals surface area contributed by atoms with E-state index in [4.69, 9.17) is 0 Å². The fraction of sp³-hybridized carbons (Fsp3) is 0.308. The topological polar surface area (TPSA) is 74.8 Å². The van der Waals surface area contributed by atoms with Crippen molar-refractivity contribution in [3.05, 3.63) is 44.9 Å². The summed E-state index contributed by atoms with van der Waals surface area (Å²) in [7, 11) is 0. The Morgan fingerprint density at radius 3 is 2.68 bits per heavy atom. The fourth-order valence-electron chi connectivity index (χ4n) is 2.00. The van der Waals surface area contributed by atoms with Crippen molar-refractivity contribution < 1.29 is 18.0 Å². The van der Waals surface area contributed by atoms with Crippen LogP contribution in [0.5, 0.6) is 0 Å². The number of anilines is 1. The van der Waals surface area contributed by atoms with E-state index in [0.29, 0.717) is 17.0 Å². The van der Waals surface area contributed by atoms with Crippen LogP contribution in [-0.2, 0) is 6.18 Å². The average molecular weight is 329 g/mol. The maximum atomic E-state index is 12.5. The van der Waals surface area contributed by atoms with E-state index < -0.39 is 23.2 Å². The third kappa shape index (κ3) is 2.89. The van der Waals surface area contributed by atoms with Crippen molar-refractivity contribution in [2.45, 2.75) is 24.9 Å². The lowest BCUT2D eigenvalue weighted by molar-refractivity contribution is -0.138. The fourth-order valence-corrected chi connectivity index (χ4v) is 2.76. The molecule has 3 rings (SSSR count). The van der Waals surface area contributed by atoms with E-state index in [0.717, 1.165) is 24.6 Å². The number of nitrogens with one attached hydrogen (secondary N) is 2. The van der Waals surface area contributed by atoms with Gasteiger partial charge in [-0.25, -0.2) is 4.98 Å². The molecule has 1 saturated carbocycles. The number of halogens is 3. The van der Waals surface area contributed by atoms with Gasteiger partial charge in [-0.2, -0.15) is 13.2 Å². The molecule has 1 aliphatic carbocycles. The average Bonchev–Trinajstić information content (AvgIpc) is 3.18. The Hall–Kier alpha value is -2.16. The van der Waals surface area contributed by atoms with Crippen molar-refractivity contribution in [1.29, 1.82) is 0 Å². The Balaban J connectivity index is 1.82. The molecular weight excluding hydrogens is 319 g/mol. The zero-order chi connectivity index (χ0) is 15.9. The predicted octanol–water partition coefficient (Wildman–Crippen LogP) is 2.98. The molecule has 1 fully saturated rings. The quantitative estimate of drug-likeness (QED) is 0.909. The van der Waals surface area contributed by atoms with Gasteiger partial charge in [-0.05, 0) is 25.0 Å². The summed E-state index contributed by atoms with van der Waals surface area (Å²) < 4.78 is 37.5. The molecule has 0 saturated heterocycles. The maximum absolute atomic E-state index is 12.5. The van der Waals surface area contributed by atoms with Gasteiger partial charge in [0.25, 0.3) is 11.5 Å². The second-order valence-corrected chi connectivity index (χ2v) is 5.76. The van der Waals surface area contributed by atoms with Gasteiger partial charge in [0.15, 0.2) is 0 Å². The number of alkyl halides is 3. The number of aromatic nitrogens is 2. The number of hydrogen-bond acceptors (Lipinski definition) is 4. The first kappa shape index (κ1) is 14.8. The number of amides is 1. The Labute approximate surface area is 126 Å². The van der Waals surface area contributed by atoms with Crippen LogP contribution in [0.15, 0.2) is 22.4 Å². The predicted molar refractivity (Wildman–Crippen MR) is 74.1 cm³/mol. The lowest BCUT2D eigenvalue weighted by atomic mass is 10.2. The molecule has 2 N–H and O–H groups in total. The van der Waals surface area contributed by atoms with Gasteiger partial charge in [-0.15, -0.1) is 11.3 Å². The Bertz CT molecular complexity index is 777. The van der Waals surface area contributed by atoms with E-state index in [9.17, 15) is 22.8 Å². The van der Waals surface area contributed by atoms with Crippen LogP contribution in [0.4, 0.5) is 18.2 Å². The largest absolute Gasteiger partial charge is 0.421 e. The van der Waals surface area contributed by atoms with Crippen LogP contribution in [0.3, 0.4) is 0 Å². The van der Waals surface area contributed by atoms with E-state index in [1.54, 1.807) is 5.51 Å². The summed E-state index contributed by atoms with van der Waals surface area (Å²) in [5.74, 6) is -0.342. The summed E-state index contributed by atoms with van der Waals surface area (Å²) in [6, 6.07) is 1.54. The maximum Gasteiger partial charge on any atom is 0.421 e. The highest BCUT2D eigenvalue weighted by Crippen LogP contribution is 2.43. The monoisotopic (exact) mass is 329 g/mol. The van der Waals surface area contributed by atoms with E-state index in [2.05, 4.69) is 10.3 Å². The smallest absolute Gasteiger partial charge is 0.317 e. The van der Waals surface area contributed by atoms with Crippen LogP contribution in [0.25, 0.3) is 0 Å². The van der Waals surface area contributed by atoms with Gasteiger partial charge < -0.3 is 10.3 Å². The summed E-state index contributed by atoms with van der Waals surface area (Å²) >= 11 is 1.24. The normalized spacial score (nSPS) is 14.9. The van der Waals surface area contributed by atoms with Crippen molar-refractivity contribution in [2.24, 2.45) is 0 Å². The van der Waals surface area contributed by atoms with Gasteiger partial charge in [0.05, 0.1) is 11.2 Å². The number of aromatic amines is 1. The summed E-state index contributed by atoms with van der Waals surface area (Å²) in [6.45, 7) is 0. The Morgan fingerprint density at radius 1 is 1.36 bits per heavy atom. The molecule has 1 amide bonds. The second kappa shape index (κ2) is 5.24. The van der Waals surface area contributed by atoms with Crippen LogP contribution in [0.1, 0.15) is 40.5 Å². The minimum absolute atomic E-state index is 0.229. The van der Waals surface area contributed by atoms with Crippen LogP contribution in [0.2, 0.25) is 0 Å². The number of pyridine rings is 1. The van der Waals surface area contributed by atoms with Gasteiger partial charge in [-0.1, -0.05) is 0 Å². The molecule has 116 valence electrons. The minimum atomic E-state index is -4.75. The van der Waals surface area contributed by atoms with Crippen molar-refractivity contribution in [1.82, 2.24) is 9.97 Å². The molecular formula is C13H10F3N3O2S. The molecule has 1 aliphatic rings. The first-order chi connectivity index (χ1) is 10.4. The lowest BCUT2D eigenvalue weighted by Gasteiger charge is -2.07. The van der Waals surface area contributed by atoms with Gasteiger partial charge in [0, 0.05) is 5.92 Å². The number of H-pyrrole nitrogens is 1. The molecule has 0 atom stereocenters. The number of thiazole rings is 1. The number of hydrogen-bond donors (Lipinski definition) is 2. The molecule has 2 heterocycles. The number of carbonyl (C=O) groups is 1. The van der Waals surface area contributed by atoms with Gasteiger partial charge in [-0.3, -0.25) is 9.59 Å². The summed E-state index contributed by atoms with van der Waals surface area (Å²) in [5.41, 5.74) is -0.521. The molecule has 22 heavy (non-hydrogen) atoms. The highest BCUT2D eigenvalue weighted by atomic mass is 32.1. The van der Waals surface area contributed by atoms with Crippen LogP contribution < -0.4 is 10.9 Å². The van der Waals surface area contributed by atoms with E-state index in [1.807, 2.05) is 4.98 Å². The molecule has 2 aromatic heterocycles. The highest BCUT2D eigenvalue weighted by Gasteiger charge is 2.34. The van der Waals surface area contributed by atoms with Crippen LogP contribution in [-0.4, -0.2) is 15.9 Å². The SMILES string of the molecule is O=C(Nc1scnc1C1CC1)c1ccc(C(F)(F)F)c(=O)[nH]1. The standard InChI is InChI=1S/C13H10F3N3O2S/c14-13(15,16)7-3-4-8(18-10(7)20)11(21)19-12-9(6-1-2-6)17-5-22-12/h3-6H,1-2H2,(H,18,20)(H,19,21). The van der Waals surface area contributed by atoms with Crippen molar-refractivity contribution in [2.75, 3.05) is 5.32 Å². The lowest BCUT2D eigenvalue weighted by Crippen LogP contribution is -2.25. The van der Waals surface area contributed by atoms with Crippen LogP contribution in [0, 0.1) is 0 Å². The zero-order valence-electron chi connectivity index (χ0n) is 11.0. The van der Waals surface area contributed by atoms with Crippen LogP contribution >= 0.6 is 11.3 Å². The molecule has 0 aromatic carbocycles. The third-order valence-electron chi connectivity index (χ3n) is 3.25. The second-order valence-electron chi connectivity index (χ2n) is 4.91. The van der Waals surface area contributed by atoms with E-state index in [-0.39, 0.29) is 5.69 Å². The Kier molecular flexibility index (Phi) is 3.51. The first-order valence-electron chi connectivity index (χ1n) is 6.41. The Morgan fingerprint density at radius 2 is 2.09 bits per heavy atom. The van der Waals surface area contributed by atoms with Crippen molar-refractivity contribution in [3.63, 3.8) is 0 Å². The summed E-state index contributed by atoms with van der Waals surface area (Å²) in [4.78, 5) is 29.6. The molecule has 0 spiro atoms. The summed E-state index contributed by atoms with van der Waals surface area (Å²) in [5, 5.41) is 3.14. The molecule has 0 bridgehead atoms. The summed E-state index contributed by atoms with van der Waals surface area (Å²) in [6.07, 6.45) is -2.74. The van der Waals surface area contributed by atoms with Crippen molar-refractivity contribution in [3.8, 4) is 0 Å². The molecule has 0 unspecified atom stereocenters. The molecule has 9 heteroatoms. The zero-order valence-corrected chi connectivity index (χ0v) is 11.8. The number of rotatable bonds is 3. The first-order valence-corrected chi connectivity index (χ1v) is 7.29. The van der Waals surface area contributed by atoms with E-state index >= 15 is 0 Å². The minimum Gasteiger partial charge on any atom is -0.317 e.